The number of methoxy groups -OCH3 is 1. The molecule has 4 heteroatoms. The monoisotopic (exact) mass is 446 g/mol. The number of esters is 1. The Kier molecular flexibility index (Phi) is 5.96. The van der Waals surface area contributed by atoms with Crippen LogP contribution in [0.3, 0.4) is 0 Å². The van der Waals surface area contributed by atoms with Crippen molar-refractivity contribution in [1.82, 2.24) is 0 Å². The van der Waals surface area contributed by atoms with Crippen molar-refractivity contribution in [3.05, 3.63) is 126 Å². The van der Waals surface area contributed by atoms with Gasteiger partial charge in [-0.05, 0) is 0 Å². The zero-order chi connectivity index (χ0) is 21.8. The Balaban J connectivity index is 1.98. The number of hydrogen-bond acceptors (Lipinski definition) is 2. The number of ether oxygens (including phenoxy) is 1. The summed E-state index contributed by atoms with van der Waals surface area (Å²) in [6.07, 6.45) is 0.632. The molecule has 0 fully saturated rings. The van der Waals surface area contributed by atoms with Gasteiger partial charge in [0.1, 0.15) is 0 Å². The predicted molar refractivity (Wildman–Crippen MR) is 132 cm³/mol. The van der Waals surface area contributed by atoms with Gasteiger partial charge < -0.3 is 0 Å². The van der Waals surface area contributed by atoms with Crippen molar-refractivity contribution in [3.63, 3.8) is 0 Å². The number of rotatable bonds is 6. The Morgan fingerprint density at radius 2 is 1.06 bits per heavy atom. The summed E-state index contributed by atoms with van der Waals surface area (Å²) < 4.78 is 4.85. The maximum absolute atomic E-state index is 11.9. The normalized spacial score (nSPS) is 12.5. The van der Waals surface area contributed by atoms with Gasteiger partial charge in [0.2, 0.25) is 0 Å². The van der Waals surface area contributed by atoms with Crippen LogP contribution in [0, 0.1) is 0 Å². The topological polar surface area (TPSA) is 26.3 Å². The number of halogens is 1. The van der Waals surface area contributed by atoms with Crippen molar-refractivity contribution in [2.45, 2.75) is 6.16 Å². The molecule has 156 valence electrons. The van der Waals surface area contributed by atoms with Crippen molar-refractivity contribution in [2.24, 2.45) is 0 Å². The number of carbonyl (C=O) groups excluding carboxylic acids is 1. The molecule has 0 saturated carbocycles. The average Bonchev–Trinajstić information content (AvgIpc) is 2.85. The summed E-state index contributed by atoms with van der Waals surface area (Å²) in [5.41, 5.74) is 1.59. The summed E-state index contributed by atoms with van der Waals surface area (Å²) in [6.45, 7) is 0. The van der Waals surface area contributed by atoms with Crippen LogP contribution >= 0.6 is 17.2 Å². The van der Waals surface area contributed by atoms with Gasteiger partial charge in [0.15, 0.2) is 0 Å². The third kappa shape index (κ3) is 3.78. The molecule has 2 nitrogen and oxygen atoms in total. The molecule has 0 unspecified atom stereocenters. The van der Waals surface area contributed by atoms with E-state index in [1.807, 2.05) is 66.7 Å². The SMILES string of the molecule is COC(=O)c1ccc(CP(Cl)(c2ccccc2)(c2ccccc2)c2ccccc2)cc1. The Labute approximate surface area is 188 Å². The first-order valence-electron chi connectivity index (χ1n) is 10.1. The fraction of sp³-hybridized carbons (Fsp3) is 0.0741. The second kappa shape index (κ2) is 8.67. The molecule has 0 spiro atoms. The van der Waals surface area contributed by atoms with Gasteiger partial charge in [-0.2, -0.15) is 0 Å². The predicted octanol–water partition coefficient (Wildman–Crippen LogP) is 5.66. The van der Waals surface area contributed by atoms with Crippen molar-refractivity contribution in [3.8, 4) is 0 Å². The standard InChI is InChI=1S/C27H24ClO2P/c1-30-27(29)23-19-17-22(18-20-23)21-31(28,24-11-5-2-6-12-24,25-13-7-3-8-14-25)26-15-9-4-10-16-26/h2-20H,21H2,1H3. The van der Waals surface area contributed by atoms with Crippen LogP contribution in [0.4, 0.5) is 0 Å². The summed E-state index contributed by atoms with van der Waals surface area (Å²) in [5, 5.41) is 3.35. The zero-order valence-electron chi connectivity index (χ0n) is 17.3. The summed E-state index contributed by atoms with van der Waals surface area (Å²) in [7, 11) is 1.39. The van der Waals surface area contributed by atoms with E-state index in [-0.39, 0.29) is 5.97 Å². The molecule has 0 aliphatic rings. The molecule has 0 amide bonds. The van der Waals surface area contributed by atoms with Gasteiger partial charge in [0, 0.05) is 0 Å². The second-order valence-electron chi connectivity index (χ2n) is 7.54. The molecule has 0 heterocycles. The molecule has 0 aromatic heterocycles. The van der Waals surface area contributed by atoms with E-state index in [0.29, 0.717) is 11.7 Å². The minimum atomic E-state index is -3.38. The third-order valence-corrected chi connectivity index (χ3v) is 12.9. The fourth-order valence-corrected chi connectivity index (χ4v) is 10.3. The van der Waals surface area contributed by atoms with Gasteiger partial charge in [-0.15, -0.1) is 0 Å². The van der Waals surface area contributed by atoms with Crippen molar-refractivity contribution >= 4 is 39.1 Å². The first-order chi connectivity index (χ1) is 15.1. The van der Waals surface area contributed by atoms with Crippen LogP contribution in [-0.4, -0.2) is 13.1 Å². The molecule has 31 heavy (non-hydrogen) atoms. The van der Waals surface area contributed by atoms with Crippen LogP contribution in [0.15, 0.2) is 115 Å². The van der Waals surface area contributed by atoms with E-state index in [1.165, 1.54) is 7.11 Å². The van der Waals surface area contributed by atoms with Gasteiger partial charge in [0.25, 0.3) is 0 Å². The molecule has 0 radical (unpaired) electrons. The van der Waals surface area contributed by atoms with E-state index in [9.17, 15) is 4.79 Å². The molecular formula is C27H24ClO2P. The summed E-state index contributed by atoms with van der Waals surface area (Å²) in [6, 6.07) is 38.7. The second-order valence-corrected chi connectivity index (χ2v) is 14.0. The molecule has 4 aromatic rings. The fourth-order valence-electron chi connectivity index (χ4n) is 4.14. The first-order valence-corrected chi connectivity index (χ1v) is 13.5. The zero-order valence-corrected chi connectivity index (χ0v) is 19.0. The number of hydrogen-bond donors (Lipinski definition) is 0. The van der Waals surface area contributed by atoms with Crippen LogP contribution in [0.25, 0.3) is 0 Å². The molecular weight excluding hydrogens is 423 g/mol. The Bertz CT molecular complexity index is 1060. The maximum atomic E-state index is 11.9. The van der Waals surface area contributed by atoms with Crippen LogP contribution < -0.4 is 15.9 Å². The Morgan fingerprint density at radius 3 is 1.42 bits per heavy atom. The molecule has 0 aliphatic carbocycles. The van der Waals surface area contributed by atoms with Gasteiger partial charge in [0.05, 0.1) is 0 Å². The van der Waals surface area contributed by atoms with Crippen LogP contribution in [-0.2, 0) is 10.9 Å². The van der Waals surface area contributed by atoms with Crippen molar-refractivity contribution in [2.75, 3.05) is 7.11 Å². The van der Waals surface area contributed by atoms with Gasteiger partial charge in [-0.1, -0.05) is 0 Å². The van der Waals surface area contributed by atoms with E-state index in [2.05, 4.69) is 36.4 Å². The molecule has 0 N–H and O–H groups in total. The summed E-state index contributed by atoms with van der Waals surface area (Å²) in [5.74, 6) is -3.72. The quantitative estimate of drug-likeness (QED) is 0.282. The van der Waals surface area contributed by atoms with E-state index in [0.717, 1.165) is 21.5 Å². The van der Waals surface area contributed by atoms with Crippen LogP contribution in [0.1, 0.15) is 15.9 Å². The number of carbonyl (C=O) groups is 1. The van der Waals surface area contributed by atoms with Gasteiger partial charge in [-0.25, -0.2) is 0 Å². The molecule has 0 atom stereocenters. The van der Waals surface area contributed by atoms with E-state index in [4.69, 9.17) is 16.0 Å². The van der Waals surface area contributed by atoms with E-state index in [1.54, 1.807) is 12.1 Å². The van der Waals surface area contributed by atoms with Gasteiger partial charge >= 0.3 is 188 Å². The Hall–Kier alpha value is -2.93. The van der Waals surface area contributed by atoms with Gasteiger partial charge in [-0.3, -0.25) is 0 Å². The van der Waals surface area contributed by atoms with E-state index < -0.39 is 5.96 Å². The summed E-state index contributed by atoms with van der Waals surface area (Å²) in [4.78, 5) is 11.9. The summed E-state index contributed by atoms with van der Waals surface area (Å²) >= 11 is 8.08. The van der Waals surface area contributed by atoms with Crippen LogP contribution in [0.2, 0.25) is 0 Å². The van der Waals surface area contributed by atoms with Crippen molar-refractivity contribution in [1.29, 1.82) is 0 Å². The first kappa shape index (κ1) is 21.3. The minimum absolute atomic E-state index is 0.343. The van der Waals surface area contributed by atoms with Crippen molar-refractivity contribution < 1.29 is 9.53 Å². The number of benzene rings is 4. The Morgan fingerprint density at radius 1 is 0.677 bits per heavy atom. The molecule has 0 bridgehead atoms. The third-order valence-electron chi connectivity index (χ3n) is 5.74. The molecule has 0 aliphatic heterocycles. The molecule has 4 rings (SSSR count). The molecule has 0 saturated heterocycles. The molecule has 4 aromatic carbocycles. The van der Waals surface area contributed by atoms with E-state index >= 15 is 0 Å². The average molecular weight is 447 g/mol. The van der Waals surface area contributed by atoms with Crippen LogP contribution in [0.5, 0.6) is 0 Å².